The molecule has 0 heterocycles. The summed E-state index contributed by atoms with van der Waals surface area (Å²) in [5, 5.41) is 28.7. The number of Topliss-reactive ketones (excluding diaryl/α,β-unsaturated/α-hetero) is 1. The topological polar surface area (TPSA) is 141 Å². The fourth-order valence-electron chi connectivity index (χ4n) is 1.68. The maximum atomic E-state index is 11.2. The highest BCUT2D eigenvalue weighted by atomic mass is 16.4. The van der Waals surface area contributed by atoms with Gasteiger partial charge in [0.25, 0.3) is 0 Å². The van der Waals surface area contributed by atoms with Crippen LogP contribution < -0.4 is 5.32 Å². The summed E-state index contributed by atoms with van der Waals surface area (Å²) in [5.41, 5.74) is 0. The largest absolute Gasteiger partial charge is 0.481 e. The Hall–Kier alpha value is -1.96. The molecule has 0 unspecified atom stereocenters. The van der Waals surface area contributed by atoms with Gasteiger partial charge in [0.15, 0.2) is 0 Å². The van der Waals surface area contributed by atoms with Crippen molar-refractivity contribution in [3.8, 4) is 0 Å². The molecule has 0 bridgehead atoms. The minimum Gasteiger partial charge on any atom is -0.481 e. The van der Waals surface area contributed by atoms with Crippen LogP contribution in [0, 0.1) is 5.92 Å². The minimum absolute atomic E-state index is 0.145. The molecule has 0 saturated heterocycles. The number of hydrogen-bond donors (Lipinski definition) is 4. The van der Waals surface area contributed by atoms with Crippen LogP contribution in [-0.2, 0) is 19.2 Å². The highest BCUT2D eigenvalue weighted by Crippen LogP contribution is 2.11. The number of hydrogen-bond acceptors (Lipinski definition) is 5. The first-order valence-electron chi connectivity index (χ1n) is 6.14. The molecule has 0 aromatic rings. The van der Waals surface area contributed by atoms with Crippen molar-refractivity contribution in [1.29, 1.82) is 0 Å². The Bertz CT molecular complexity index is 344. The molecule has 20 heavy (non-hydrogen) atoms. The number of carboxylic acids is 3. The van der Waals surface area contributed by atoms with Crippen molar-refractivity contribution < 1.29 is 34.5 Å². The highest BCUT2D eigenvalue weighted by molar-refractivity contribution is 5.85. The van der Waals surface area contributed by atoms with Crippen LogP contribution in [0.4, 0.5) is 0 Å². The monoisotopic (exact) mass is 289 g/mol. The van der Waals surface area contributed by atoms with Crippen molar-refractivity contribution in [2.24, 2.45) is 5.92 Å². The van der Waals surface area contributed by atoms with Crippen LogP contribution in [0.25, 0.3) is 0 Å². The van der Waals surface area contributed by atoms with E-state index < -0.39 is 36.3 Å². The van der Waals surface area contributed by atoms with Gasteiger partial charge in [-0.15, -0.1) is 0 Å². The van der Waals surface area contributed by atoms with E-state index in [1.165, 1.54) is 6.92 Å². The molecule has 114 valence electrons. The normalized spacial score (nSPS) is 13.4. The van der Waals surface area contributed by atoms with Gasteiger partial charge in [-0.2, -0.15) is 0 Å². The molecule has 0 spiro atoms. The summed E-state index contributed by atoms with van der Waals surface area (Å²) in [6, 6.07) is -0.810. The van der Waals surface area contributed by atoms with Gasteiger partial charge in [-0.05, 0) is 26.3 Å². The Kier molecular flexibility index (Phi) is 8.14. The standard InChI is InChI=1S/C12H19NO7/c1-7(14)9(6-11(17)18)13-4-2-3-8(12(19)20)5-10(15)16/h8-9,13H,2-6H2,1H3,(H,15,16)(H,17,18)(H,19,20)/t8-,9-/m0/s1. The van der Waals surface area contributed by atoms with Gasteiger partial charge in [-0.1, -0.05) is 0 Å². The van der Waals surface area contributed by atoms with Gasteiger partial charge in [0.2, 0.25) is 0 Å². The lowest BCUT2D eigenvalue weighted by molar-refractivity contribution is -0.148. The summed E-state index contributed by atoms with van der Waals surface area (Å²) in [4.78, 5) is 43.0. The maximum absolute atomic E-state index is 11.2. The van der Waals surface area contributed by atoms with Crippen molar-refractivity contribution in [1.82, 2.24) is 5.32 Å². The molecule has 0 aromatic carbocycles. The van der Waals surface area contributed by atoms with Crippen LogP contribution in [-0.4, -0.2) is 51.6 Å². The van der Waals surface area contributed by atoms with E-state index in [1.54, 1.807) is 0 Å². The van der Waals surface area contributed by atoms with Crippen LogP contribution in [0.2, 0.25) is 0 Å². The number of nitrogens with one attached hydrogen (secondary N) is 1. The summed E-state index contributed by atoms with van der Waals surface area (Å²) >= 11 is 0. The molecular formula is C12H19NO7. The molecule has 0 aliphatic rings. The average Bonchev–Trinajstić information content (AvgIpc) is 2.29. The second kappa shape index (κ2) is 9.03. The third kappa shape index (κ3) is 8.20. The van der Waals surface area contributed by atoms with Crippen molar-refractivity contribution in [2.45, 2.75) is 38.6 Å². The summed E-state index contributed by atoms with van der Waals surface area (Å²) < 4.78 is 0. The van der Waals surface area contributed by atoms with E-state index in [4.69, 9.17) is 15.3 Å². The number of carboxylic acid groups (broad SMARTS) is 3. The predicted molar refractivity (Wildman–Crippen MR) is 67.3 cm³/mol. The first-order chi connectivity index (χ1) is 9.23. The number of aliphatic carboxylic acids is 3. The number of rotatable bonds is 11. The van der Waals surface area contributed by atoms with Crippen molar-refractivity contribution in [3.05, 3.63) is 0 Å². The zero-order valence-corrected chi connectivity index (χ0v) is 11.2. The second-order valence-electron chi connectivity index (χ2n) is 4.49. The Morgan fingerprint density at radius 1 is 1.00 bits per heavy atom. The fourth-order valence-corrected chi connectivity index (χ4v) is 1.68. The van der Waals surface area contributed by atoms with Gasteiger partial charge < -0.3 is 20.6 Å². The van der Waals surface area contributed by atoms with Crippen LogP contribution in [0.3, 0.4) is 0 Å². The summed E-state index contributed by atoms with van der Waals surface area (Å²) in [6.07, 6.45) is -0.312. The van der Waals surface area contributed by atoms with Gasteiger partial charge >= 0.3 is 17.9 Å². The summed E-state index contributed by atoms with van der Waals surface area (Å²) in [6.45, 7) is 1.52. The lowest BCUT2D eigenvalue weighted by Crippen LogP contribution is -2.38. The third-order valence-corrected chi connectivity index (χ3v) is 2.76. The molecule has 0 amide bonds. The zero-order valence-electron chi connectivity index (χ0n) is 11.2. The van der Waals surface area contributed by atoms with E-state index in [1.807, 2.05) is 0 Å². The Morgan fingerprint density at radius 3 is 1.95 bits per heavy atom. The van der Waals surface area contributed by atoms with Crippen LogP contribution in [0.1, 0.15) is 32.6 Å². The fraction of sp³-hybridized carbons (Fsp3) is 0.667. The molecule has 0 radical (unpaired) electrons. The van der Waals surface area contributed by atoms with Crippen molar-refractivity contribution in [2.75, 3.05) is 6.54 Å². The molecule has 0 aromatic heterocycles. The lowest BCUT2D eigenvalue weighted by Gasteiger charge is -2.14. The smallest absolute Gasteiger partial charge is 0.307 e. The summed E-state index contributed by atoms with van der Waals surface area (Å²) in [7, 11) is 0. The van der Waals surface area contributed by atoms with E-state index in [0.717, 1.165) is 0 Å². The quantitative estimate of drug-likeness (QED) is 0.388. The first-order valence-corrected chi connectivity index (χ1v) is 6.14. The zero-order chi connectivity index (χ0) is 15.7. The van der Waals surface area contributed by atoms with Crippen LogP contribution in [0.15, 0.2) is 0 Å². The number of carbonyl (C=O) groups excluding carboxylic acids is 1. The van der Waals surface area contributed by atoms with Gasteiger partial charge in [0, 0.05) is 0 Å². The average molecular weight is 289 g/mol. The number of carbonyl (C=O) groups is 4. The summed E-state index contributed by atoms with van der Waals surface area (Å²) in [5.74, 6) is -4.76. The lowest BCUT2D eigenvalue weighted by atomic mass is 9.99. The molecule has 0 saturated carbocycles. The van der Waals surface area contributed by atoms with E-state index in [0.29, 0.717) is 6.42 Å². The van der Waals surface area contributed by atoms with E-state index >= 15 is 0 Å². The van der Waals surface area contributed by atoms with Gasteiger partial charge in [0.1, 0.15) is 5.78 Å². The minimum atomic E-state index is -1.18. The van der Waals surface area contributed by atoms with Gasteiger partial charge in [0.05, 0.1) is 24.8 Å². The molecule has 0 fully saturated rings. The van der Waals surface area contributed by atoms with E-state index in [9.17, 15) is 19.2 Å². The van der Waals surface area contributed by atoms with Gasteiger partial charge in [-0.3, -0.25) is 19.2 Å². The Morgan fingerprint density at radius 2 is 1.55 bits per heavy atom. The number of ketones is 1. The molecule has 8 heteroatoms. The molecule has 0 rings (SSSR count). The third-order valence-electron chi connectivity index (χ3n) is 2.76. The molecular weight excluding hydrogens is 270 g/mol. The van der Waals surface area contributed by atoms with E-state index in [-0.39, 0.29) is 25.2 Å². The van der Waals surface area contributed by atoms with Crippen LogP contribution >= 0.6 is 0 Å². The molecule has 0 aliphatic heterocycles. The maximum Gasteiger partial charge on any atom is 0.307 e. The molecule has 4 N–H and O–H groups in total. The van der Waals surface area contributed by atoms with E-state index in [2.05, 4.69) is 5.32 Å². The SMILES string of the molecule is CC(=O)[C@H](CC(=O)O)NCCC[C@@H](CC(=O)O)C(=O)O. The predicted octanol–water partition coefficient (Wildman–Crippen LogP) is -0.0360. The van der Waals surface area contributed by atoms with Crippen LogP contribution in [0.5, 0.6) is 0 Å². The highest BCUT2D eigenvalue weighted by Gasteiger charge is 2.21. The molecule has 0 aliphatic carbocycles. The van der Waals surface area contributed by atoms with Crippen molar-refractivity contribution in [3.63, 3.8) is 0 Å². The van der Waals surface area contributed by atoms with Gasteiger partial charge in [-0.25, -0.2) is 0 Å². The first kappa shape index (κ1) is 18.0. The Labute approximate surface area is 115 Å². The van der Waals surface area contributed by atoms with Crippen molar-refractivity contribution >= 4 is 23.7 Å². The second-order valence-corrected chi connectivity index (χ2v) is 4.49. The Balaban J connectivity index is 4.13. The molecule has 8 nitrogen and oxygen atoms in total. The molecule has 2 atom stereocenters.